The Labute approximate surface area is 165 Å². The molecule has 0 bridgehead atoms. The average Bonchev–Trinajstić information content (AvgIpc) is 3.10. The van der Waals surface area contributed by atoms with E-state index in [9.17, 15) is 9.59 Å². The summed E-state index contributed by atoms with van der Waals surface area (Å²) < 4.78 is 5.39. The molecule has 0 saturated carbocycles. The van der Waals surface area contributed by atoms with Crippen LogP contribution in [0.25, 0.3) is 0 Å². The third-order valence-electron chi connectivity index (χ3n) is 5.90. The number of amides is 2. The lowest BCUT2D eigenvalue weighted by Crippen LogP contribution is -2.51. The van der Waals surface area contributed by atoms with E-state index in [1.807, 2.05) is 34.1 Å². The van der Waals surface area contributed by atoms with Gasteiger partial charge >= 0.3 is 0 Å². The quantitative estimate of drug-likeness (QED) is 0.791. The number of carbonyl (C=O) groups is 2. The molecule has 1 aromatic carbocycles. The minimum atomic E-state index is -0.196. The van der Waals surface area contributed by atoms with Crippen molar-refractivity contribution in [1.82, 2.24) is 9.80 Å². The van der Waals surface area contributed by atoms with Crippen LogP contribution < -0.4 is 4.90 Å². The van der Waals surface area contributed by atoms with Gasteiger partial charge in [-0.15, -0.1) is 0 Å². The summed E-state index contributed by atoms with van der Waals surface area (Å²) in [4.78, 5) is 31.5. The van der Waals surface area contributed by atoms with Crippen molar-refractivity contribution >= 4 is 29.1 Å². The first kappa shape index (κ1) is 18.6. The molecular weight excluding hydrogens is 366 g/mol. The number of ether oxygens (including phenoxy) is 1. The second-order valence-electron chi connectivity index (χ2n) is 7.58. The highest BCUT2D eigenvalue weighted by Crippen LogP contribution is 2.27. The van der Waals surface area contributed by atoms with Crippen LogP contribution in [0.15, 0.2) is 24.3 Å². The maximum absolute atomic E-state index is 13.0. The maximum Gasteiger partial charge on any atom is 0.228 e. The molecule has 0 spiro atoms. The van der Waals surface area contributed by atoms with Crippen LogP contribution in [0.4, 0.5) is 5.69 Å². The summed E-state index contributed by atoms with van der Waals surface area (Å²) in [6, 6.07) is 8.06. The topological polar surface area (TPSA) is 53.1 Å². The number of benzene rings is 1. The van der Waals surface area contributed by atoms with Crippen LogP contribution in [0.3, 0.4) is 0 Å². The number of anilines is 1. The van der Waals surface area contributed by atoms with Gasteiger partial charge < -0.3 is 19.4 Å². The van der Waals surface area contributed by atoms with Crippen molar-refractivity contribution in [2.45, 2.75) is 25.3 Å². The van der Waals surface area contributed by atoms with Crippen molar-refractivity contribution in [3.63, 3.8) is 0 Å². The molecule has 3 saturated heterocycles. The van der Waals surface area contributed by atoms with E-state index in [0.717, 1.165) is 36.6 Å². The normalized spacial score (nSPS) is 24.6. The van der Waals surface area contributed by atoms with Crippen LogP contribution in [0.1, 0.15) is 19.3 Å². The number of carbonyl (C=O) groups excluding carboxylic acids is 2. The fourth-order valence-corrected chi connectivity index (χ4v) is 4.55. The summed E-state index contributed by atoms with van der Waals surface area (Å²) in [6.45, 7) is 4.93. The Balaban J connectivity index is 1.32. The Bertz CT molecular complexity index is 699. The molecule has 3 aliphatic heterocycles. The van der Waals surface area contributed by atoms with E-state index in [0.29, 0.717) is 39.3 Å². The first-order chi connectivity index (χ1) is 13.1. The highest BCUT2D eigenvalue weighted by Gasteiger charge is 2.40. The smallest absolute Gasteiger partial charge is 0.228 e. The van der Waals surface area contributed by atoms with Gasteiger partial charge in [0.2, 0.25) is 11.8 Å². The molecule has 6 nitrogen and oxygen atoms in total. The number of hydrogen-bond donors (Lipinski definition) is 0. The van der Waals surface area contributed by atoms with Gasteiger partial charge in [-0.3, -0.25) is 9.59 Å². The lowest BCUT2D eigenvalue weighted by Gasteiger charge is -2.37. The molecule has 7 heteroatoms. The summed E-state index contributed by atoms with van der Waals surface area (Å²) in [7, 11) is 0. The molecular formula is C20H26ClN3O3. The highest BCUT2D eigenvalue weighted by atomic mass is 35.5. The molecule has 3 heterocycles. The van der Waals surface area contributed by atoms with Crippen LogP contribution in [-0.4, -0.2) is 73.6 Å². The van der Waals surface area contributed by atoms with Gasteiger partial charge in [0.25, 0.3) is 0 Å². The Hall–Kier alpha value is -1.79. The Morgan fingerprint density at radius 1 is 1.11 bits per heavy atom. The van der Waals surface area contributed by atoms with E-state index in [-0.39, 0.29) is 23.8 Å². The van der Waals surface area contributed by atoms with Gasteiger partial charge in [-0.2, -0.15) is 0 Å². The molecule has 1 unspecified atom stereocenters. The molecule has 1 aromatic rings. The first-order valence-electron chi connectivity index (χ1n) is 9.78. The van der Waals surface area contributed by atoms with Crippen LogP contribution in [0.2, 0.25) is 5.02 Å². The maximum atomic E-state index is 13.0. The van der Waals surface area contributed by atoms with Gasteiger partial charge in [-0.1, -0.05) is 17.7 Å². The SMILES string of the molecule is O=C(C1CC(=O)N(C2CCOCC2)C1)N1CCN(c2cccc(Cl)c2)CC1. The standard InChI is InChI=1S/C20H26ClN3O3/c21-16-2-1-3-18(13-16)22-6-8-23(9-7-22)20(26)15-12-19(25)24(14-15)17-4-10-27-11-5-17/h1-3,13,15,17H,4-12,14H2. The average molecular weight is 392 g/mol. The fourth-order valence-electron chi connectivity index (χ4n) is 4.36. The van der Waals surface area contributed by atoms with E-state index in [1.54, 1.807) is 0 Å². The molecule has 2 amide bonds. The first-order valence-corrected chi connectivity index (χ1v) is 10.2. The Morgan fingerprint density at radius 3 is 2.56 bits per heavy atom. The molecule has 27 heavy (non-hydrogen) atoms. The molecule has 0 radical (unpaired) electrons. The fraction of sp³-hybridized carbons (Fsp3) is 0.600. The molecule has 4 rings (SSSR count). The van der Waals surface area contributed by atoms with Crippen LogP contribution in [0, 0.1) is 5.92 Å². The minimum absolute atomic E-state index is 0.123. The molecule has 146 valence electrons. The number of rotatable bonds is 3. The Morgan fingerprint density at radius 2 is 1.85 bits per heavy atom. The molecule has 1 atom stereocenters. The van der Waals surface area contributed by atoms with Crippen LogP contribution in [0.5, 0.6) is 0 Å². The van der Waals surface area contributed by atoms with Gasteiger partial charge in [0.05, 0.1) is 5.92 Å². The summed E-state index contributed by atoms with van der Waals surface area (Å²) >= 11 is 6.09. The second-order valence-corrected chi connectivity index (χ2v) is 8.02. The number of likely N-dealkylation sites (tertiary alicyclic amines) is 1. The third kappa shape index (κ3) is 4.06. The third-order valence-corrected chi connectivity index (χ3v) is 6.14. The zero-order chi connectivity index (χ0) is 18.8. The number of halogens is 1. The van der Waals surface area contributed by atoms with E-state index in [4.69, 9.17) is 16.3 Å². The number of piperazine rings is 1. The largest absolute Gasteiger partial charge is 0.381 e. The van der Waals surface area contributed by atoms with Gasteiger partial charge in [-0.25, -0.2) is 0 Å². The summed E-state index contributed by atoms with van der Waals surface area (Å²) in [5.74, 6) is 0.0551. The lowest BCUT2D eigenvalue weighted by atomic mass is 10.1. The van der Waals surface area contributed by atoms with E-state index in [1.165, 1.54) is 0 Å². The Kier molecular flexibility index (Phi) is 5.55. The molecule has 3 fully saturated rings. The van der Waals surface area contributed by atoms with E-state index in [2.05, 4.69) is 4.90 Å². The second kappa shape index (κ2) is 8.07. The van der Waals surface area contributed by atoms with Gasteiger partial charge in [0.1, 0.15) is 0 Å². The summed E-state index contributed by atoms with van der Waals surface area (Å²) in [5.41, 5.74) is 1.09. The summed E-state index contributed by atoms with van der Waals surface area (Å²) in [5, 5.41) is 0.726. The predicted octanol–water partition coefficient (Wildman–Crippen LogP) is 2.02. The van der Waals surface area contributed by atoms with E-state index < -0.39 is 0 Å². The van der Waals surface area contributed by atoms with Crippen molar-refractivity contribution in [2.75, 3.05) is 50.8 Å². The molecule has 0 N–H and O–H groups in total. The van der Waals surface area contributed by atoms with Crippen LogP contribution in [-0.2, 0) is 14.3 Å². The van der Waals surface area contributed by atoms with E-state index >= 15 is 0 Å². The lowest BCUT2D eigenvalue weighted by molar-refractivity contribution is -0.136. The highest BCUT2D eigenvalue weighted by molar-refractivity contribution is 6.30. The van der Waals surface area contributed by atoms with Crippen molar-refractivity contribution in [1.29, 1.82) is 0 Å². The van der Waals surface area contributed by atoms with Crippen molar-refractivity contribution in [2.24, 2.45) is 5.92 Å². The minimum Gasteiger partial charge on any atom is -0.381 e. The molecule has 3 aliphatic rings. The van der Waals surface area contributed by atoms with Crippen molar-refractivity contribution in [3.8, 4) is 0 Å². The summed E-state index contributed by atoms with van der Waals surface area (Å²) in [6.07, 6.45) is 2.11. The van der Waals surface area contributed by atoms with Crippen molar-refractivity contribution in [3.05, 3.63) is 29.3 Å². The number of hydrogen-bond acceptors (Lipinski definition) is 4. The zero-order valence-electron chi connectivity index (χ0n) is 15.5. The monoisotopic (exact) mass is 391 g/mol. The van der Waals surface area contributed by atoms with Crippen LogP contribution >= 0.6 is 11.6 Å². The molecule has 0 aliphatic carbocycles. The zero-order valence-corrected chi connectivity index (χ0v) is 16.2. The number of nitrogens with zero attached hydrogens (tertiary/aromatic N) is 3. The van der Waals surface area contributed by atoms with Crippen molar-refractivity contribution < 1.29 is 14.3 Å². The molecule has 0 aromatic heterocycles. The predicted molar refractivity (Wildman–Crippen MR) is 104 cm³/mol. The van der Waals surface area contributed by atoms with Gasteiger partial charge in [-0.05, 0) is 31.0 Å². The van der Waals surface area contributed by atoms with Gasteiger partial charge in [0.15, 0.2) is 0 Å². The van der Waals surface area contributed by atoms with Gasteiger partial charge in [0, 0.05) is 69.1 Å².